The Kier molecular flexibility index (Phi) is 3.99. The van der Waals surface area contributed by atoms with Crippen LogP contribution in [0.5, 0.6) is 0 Å². The summed E-state index contributed by atoms with van der Waals surface area (Å²) >= 11 is 0. The number of Topliss-reactive ketones (excluding diaryl/α,β-unsaturated/α-hetero) is 1. The molecule has 2 fully saturated rings. The van der Waals surface area contributed by atoms with Crippen molar-refractivity contribution in [2.45, 2.75) is 71.8 Å². The van der Waals surface area contributed by atoms with Crippen LogP contribution in [0.25, 0.3) is 0 Å². The number of carbonyl (C=O) groups excluding carboxylic acids is 1. The zero-order valence-corrected chi connectivity index (χ0v) is 14.9. The van der Waals surface area contributed by atoms with Gasteiger partial charge < -0.3 is 9.52 Å². The summed E-state index contributed by atoms with van der Waals surface area (Å²) in [5.74, 6) is 0.677. The van der Waals surface area contributed by atoms with Gasteiger partial charge >= 0.3 is 0 Å². The quantitative estimate of drug-likeness (QED) is 0.811. The summed E-state index contributed by atoms with van der Waals surface area (Å²) in [4.78, 5) is 12.7. The molecule has 1 N–H and O–H groups in total. The lowest BCUT2D eigenvalue weighted by Crippen LogP contribution is -2.58. The largest absolute Gasteiger partial charge is 0.472 e. The van der Waals surface area contributed by atoms with E-state index in [2.05, 4.69) is 20.8 Å². The van der Waals surface area contributed by atoms with E-state index in [0.717, 1.165) is 19.3 Å². The van der Waals surface area contributed by atoms with E-state index < -0.39 is 5.60 Å². The molecule has 0 spiro atoms. The Labute approximate surface area is 139 Å². The molecule has 0 aliphatic heterocycles. The molecule has 3 rings (SSSR count). The van der Waals surface area contributed by atoms with E-state index in [4.69, 9.17) is 4.42 Å². The molecule has 0 aromatic carbocycles. The van der Waals surface area contributed by atoms with Gasteiger partial charge in [-0.25, -0.2) is 0 Å². The van der Waals surface area contributed by atoms with Gasteiger partial charge in [-0.05, 0) is 55.4 Å². The second-order valence-electron chi connectivity index (χ2n) is 8.99. The fourth-order valence-electron chi connectivity index (χ4n) is 5.80. The molecule has 4 unspecified atom stereocenters. The predicted octanol–water partition coefficient (Wildman–Crippen LogP) is 4.85. The molecule has 1 aromatic heterocycles. The van der Waals surface area contributed by atoms with Gasteiger partial charge in [0, 0.05) is 12.3 Å². The molecule has 1 aromatic rings. The van der Waals surface area contributed by atoms with E-state index in [1.165, 1.54) is 19.1 Å². The molecule has 4 atom stereocenters. The lowest BCUT2D eigenvalue weighted by atomic mass is 9.45. The molecule has 1 heterocycles. The molecule has 0 amide bonds. The second kappa shape index (κ2) is 5.47. The fourth-order valence-corrected chi connectivity index (χ4v) is 5.80. The number of carbonyl (C=O) groups is 1. The van der Waals surface area contributed by atoms with Crippen molar-refractivity contribution in [2.24, 2.45) is 22.7 Å². The van der Waals surface area contributed by atoms with Crippen LogP contribution in [-0.2, 0) is 0 Å². The Hall–Kier alpha value is -1.09. The summed E-state index contributed by atoms with van der Waals surface area (Å²) in [7, 11) is 0. The van der Waals surface area contributed by atoms with Crippen molar-refractivity contribution in [1.82, 2.24) is 0 Å². The van der Waals surface area contributed by atoms with Crippen molar-refractivity contribution in [3.8, 4) is 0 Å². The number of ketones is 1. The van der Waals surface area contributed by atoms with E-state index >= 15 is 0 Å². The van der Waals surface area contributed by atoms with Gasteiger partial charge in [0.05, 0.1) is 17.4 Å². The molecule has 23 heavy (non-hydrogen) atoms. The van der Waals surface area contributed by atoms with Gasteiger partial charge in [-0.2, -0.15) is 0 Å². The molecule has 2 saturated carbocycles. The van der Waals surface area contributed by atoms with Crippen molar-refractivity contribution in [3.05, 3.63) is 24.2 Å². The number of rotatable bonds is 3. The number of fused-ring (bicyclic) bond motifs is 1. The van der Waals surface area contributed by atoms with Crippen LogP contribution in [0.15, 0.2) is 23.0 Å². The monoisotopic (exact) mass is 318 g/mol. The summed E-state index contributed by atoms with van der Waals surface area (Å²) in [6.07, 6.45) is 8.87. The van der Waals surface area contributed by atoms with Crippen LogP contribution in [0.1, 0.15) is 76.6 Å². The van der Waals surface area contributed by atoms with Crippen LogP contribution in [-0.4, -0.2) is 16.5 Å². The molecule has 0 bridgehead atoms. The minimum Gasteiger partial charge on any atom is -0.472 e. The molecule has 2 aliphatic carbocycles. The van der Waals surface area contributed by atoms with Crippen molar-refractivity contribution >= 4 is 5.78 Å². The molecule has 0 radical (unpaired) electrons. The van der Waals surface area contributed by atoms with Crippen LogP contribution >= 0.6 is 0 Å². The van der Waals surface area contributed by atoms with Gasteiger partial charge in [-0.15, -0.1) is 0 Å². The highest BCUT2D eigenvalue weighted by Crippen LogP contribution is 2.62. The summed E-state index contributed by atoms with van der Waals surface area (Å²) < 4.78 is 5.06. The van der Waals surface area contributed by atoms with E-state index in [0.29, 0.717) is 23.3 Å². The Morgan fingerprint density at radius 3 is 2.65 bits per heavy atom. The fraction of sp³-hybridized carbons (Fsp3) is 0.750. The smallest absolute Gasteiger partial charge is 0.166 e. The first kappa shape index (κ1) is 16.8. The maximum Gasteiger partial charge on any atom is 0.166 e. The summed E-state index contributed by atoms with van der Waals surface area (Å²) in [5.41, 5.74) is 0.183. The average molecular weight is 318 g/mol. The first-order chi connectivity index (χ1) is 10.7. The van der Waals surface area contributed by atoms with E-state index in [1.54, 1.807) is 12.3 Å². The van der Waals surface area contributed by atoms with Crippen LogP contribution in [0.2, 0.25) is 0 Å². The first-order valence-corrected chi connectivity index (χ1v) is 8.95. The zero-order chi connectivity index (χ0) is 16.9. The van der Waals surface area contributed by atoms with E-state index in [-0.39, 0.29) is 17.1 Å². The Bertz CT molecular complexity index is 570. The maximum absolute atomic E-state index is 12.7. The zero-order valence-electron chi connectivity index (χ0n) is 14.9. The molecular formula is C20H30O3. The van der Waals surface area contributed by atoms with Crippen molar-refractivity contribution in [1.29, 1.82) is 0 Å². The standard InChI is InChI=1S/C20H30O3/c1-18(2)8-5-9-19(3)16(18)6-10-20(4,22)17(19)12-15(21)14-7-11-23-13-14/h7,11,13,16-17,22H,5-6,8-10,12H2,1-4H3. The second-order valence-corrected chi connectivity index (χ2v) is 8.99. The summed E-state index contributed by atoms with van der Waals surface area (Å²) in [6, 6.07) is 1.73. The van der Waals surface area contributed by atoms with Crippen molar-refractivity contribution in [3.63, 3.8) is 0 Å². The molecular weight excluding hydrogens is 288 g/mol. The van der Waals surface area contributed by atoms with Gasteiger partial charge in [0.2, 0.25) is 0 Å². The minimum absolute atomic E-state index is 0.00993. The summed E-state index contributed by atoms with van der Waals surface area (Å²) in [6.45, 7) is 8.98. The lowest BCUT2D eigenvalue weighted by molar-refractivity contribution is -0.165. The highest BCUT2D eigenvalue weighted by Gasteiger charge is 2.58. The van der Waals surface area contributed by atoms with Gasteiger partial charge in [0.25, 0.3) is 0 Å². The molecule has 128 valence electrons. The van der Waals surface area contributed by atoms with Crippen LogP contribution in [0.3, 0.4) is 0 Å². The molecule has 3 heteroatoms. The SMILES string of the molecule is CC1(C)CCCC2(C)C1CCC(C)(O)C2CC(=O)c1ccoc1. The third kappa shape index (κ3) is 2.77. The Balaban J connectivity index is 1.92. The van der Waals surface area contributed by atoms with Crippen molar-refractivity contribution in [2.75, 3.05) is 0 Å². The van der Waals surface area contributed by atoms with Crippen LogP contribution in [0.4, 0.5) is 0 Å². The average Bonchev–Trinajstić information content (AvgIpc) is 2.95. The number of hydrogen-bond donors (Lipinski definition) is 1. The number of furan rings is 1. The van der Waals surface area contributed by atoms with E-state index in [1.807, 2.05) is 6.92 Å². The molecule has 3 nitrogen and oxygen atoms in total. The normalized spacial score (nSPS) is 39.7. The lowest BCUT2D eigenvalue weighted by Gasteiger charge is -2.61. The third-order valence-corrected chi connectivity index (χ3v) is 6.99. The maximum atomic E-state index is 12.7. The first-order valence-electron chi connectivity index (χ1n) is 8.95. The number of hydrogen-bond acceptors (Lipinski definition) is 3. The van der Waals surface area contributed by atoms with E-state index in [9.17, 15) is 9.90 Å². The topological polar surface area (TPSA) is 50.4 Å². The predicted molar refractivity (Wildman–Crippen MR) is 90.2 cm³/mol. The highest BCUT2D eigenvalue weighted by atomic mass is 16.3. The van der Waals surface area contributed by atoms with Crippen LogP contribution < -0.4 is 0 Å². The summed E-state index contributed by atoms with van der Waals surface area (Å²) in [5, 5.41) is 11.1. The van der Waals surface area contributed by atoms with Gasteiger partial charge in [0.1, 0.15) is 6.26 Å². The third-order valence-electron chi connectivity index (χ3n) is 6.99. The Morgan fingerprint density at radius 2 is 2.00 bits per heavy atom. The molecule has 0 saturated heterocycles. The van der Waals surface area contributed by atoms with Gasteiger partial charge in [0.15, 0.2) is 5.78 Å². The Morgan fingerprint density at radius 1 is 1.26 bits per heavy atom. The number of aliphatic hydroxyl groups is 1. The van der Waals surface area contributed by atoms with Crippen LogP contribution in [0, 0.1) is 22.7 Å². The van der Waals surface area contributed by atoms with Crippen molar-refractivity contribution < 1.29 is 14.3 Å². The van der Waals surface area contributed by atoms with Gasteiger partial charge in [-0.1, -0.05) is 27.2 Å². The van der Waals surface area contributed by atoms with Gasteiger partial charge in [-0.3, -0.25) is 4.79 Å². The minimum atomic E-state index is -0.766. The molecule has 2 aliphatic rings. The highest BCUT2D eigenvalue weighted by molar-refractivity contribution is 5.95.